The molecule has 0 aliphatic heterocycles. The highest BCUT2D eigenvalue weighted by Gasteiger charge is 2.37. The number of carboxylic acid groups (broad SMARTS) is 1. The molecule has 22 heavy (non-hydrogen) atoms. The van der Waals surface area contributed by atoms with E-state index in [1.807, 2.05) is 13.0 Å². The van der Waals surface area contributed by atoms with E-state index in [-0.39, 0.29) is 0 Å². The van der Waals surface area contributed by atoms with Gasteiger partial charge in [0.25, 0.3) is 5.91 Å². The minimum Gasteiger partial charge on any atom is -0.479 e. The van der Waals surface area contributed by atoms with E-state index in [2.05, 4.69) is 5.32 Å². The zero-order valence-corrected chi connectivity index (χ0v) is 13.0. The average Bonchev–Trinajstić information content (AvgIpc) is 2.96. The summed E-state index contributed by atoms with van der Waals surface area (Å²) in [5, 5.41) is 13.9. The van der Waals surface area contributed by atoms with Crippen molar-refractivity contribution in [2.24, 2.45) is 0 Å². The molecule has 0 aliphatic rings. The van der Waals surface area contributed by atoms with E-state index in [0.29, 0.717) is 16.9 Å². The second-order valence-electron chi connectivity index (χ2n) is 5.02. The van der Waals surface area contributed by atoms with Gasteiger partial charge in [0.15, 0.2) is 5.54 Å². The van der Waals surface area contributed by atoms with Gasteiger partial charge in [-0.1, -0.05) is 19.1 Å². The molecule has 1 heterocycles. The van der Waals surface area contributed by atoms with Crippen LogP contribution in [0.15, 0.2) is 35.7 Å². The van der Waals surface area contributed by atoms with E-state index >= 15 is 0 Å². The fourth-order valence-electron chi connectivity index (χ4n) is 2.13. The van der Waals surface area contributed by atoms with Gasteiger partial charge in [-0.25, -0.2) is 9.18 Å². The Morgan fingerprint density at radius 3 is 2.45 bits per heavy atom. The minimum atomic E-state index is -1.63. The van der Waals surface area contributed by atoms with Gasteiger partial charge in [-0.3, -0.25) is 4.79 Å². The fraction of sp³-hybridized carbons (Fsp3) is 0.250. The molecule has 0 saturated heterocycles. The zero-order valence-electron chi connectivity index (χ0n) is 12.2. The van der Waals surface area contributed by atoms with Gasteiger partial charge in [0, 0.05) is 0 Å². The molecule has 1 atom stereocenters. The molecule has 1 unspecified atom stereocenters. The monoisotopic (exact) mass is 321 g/mol. The molecule has 0 saturated carbocycles. The van der Waals surface area contributed by atoms with Crippen LogP contribution in [0.1, 0.15) is 34.6 Å². The number of carboxylic acids is 1. The van der Waals surface area contributed by atoms with E-state index in [9.17, 15) is 19.1 Å². The molecule has 6 heteroatoms. The van der Waals surface area contributed by atoms with Crippen LogP contribution in [0.3, 0.4) is 0 Å². The first kappa shape index (κ1) is 16.2. The molecule has 4 nitrogen and oxygen atoms in total. The van der Waals surface area contributed by atoms with E-state index in [1.54, 1.807) is 5.38 Å². The molecule has 116 valence electrons. The van der Waals surface area contributed by atoms with Gasteiger partial charge in [-0.05, 0) is 48.1 Å². The smallest absolute Gasteiger partial charge is 0.333 e. The predicted molar refractivity (Wildman–Crippen MR) is 82.6 cm³/mol. The fourth-order valence-corrected chi connectivity index (χ4v) is 3.02. The summed E-state index contributed by atoms with van der Waals surface area (Å²) in [6, 6.07) is 6.91. The normalized spacial score (nSPS) is 13.4. The number of halogens is 1. The molecule has 1 aromatic heterocycles. The lowest BCUT2D eigenvalue weighted by Gasteiger charge is -2.26. The predicted octanol–water partition coefficient (Wildman–Crippen LogP) is 3.18. The van der Waals surface area contributed by atoms with Crippen LogP contribution in [-0.4, -0.2) is 17.0 Å². The van der Waals surface area contributed by atoms with Crippen molar-refractivity contribution in [1.82, 2.24) is 5.32 Å². The van der Waals surface area contributed by atoms with E-state index < -0.39 is 23.2 Å². The largest absolute Gasteiger partial charge is 0.479 e. The average molecular weight is 321 g/mol. The zero-order chi connectivity index (χ0) is 16.3. The van der Waals surface area contributed by atoms with Crippen LogP contribution in [0.2, 0.25) is 0 Å². The van der Waals surface area contributed by atoms with Crippen molar-refractivity contribution < 1.29 is 19.1 Å². The summed E-state index contributed by atoms with van der Waals surface area (Å²) in [6.07, 6.45) is 0.687. The molecular weight excluding hydrogens is 305 g/mol. The summed E-state index contributed by atoms with van der Waals surface area (Å²) in [7, 11) is 0. The van der Waals surface area contributed by atoms with Crippen LogP contribution in [0.5, 0.6) is 0 Å². The van der Waals surface area contributed by atoms with Gasteiger partial charge in [-0.15, -0.1) is 11.3 Å². The van der Waals surface area contributed by atoms with Gasteiger partial charge in [0.2, 0.25) is 0 Å². The van der Waals surface area contributed by atoms with Gasteiger partial charge < -0.3 is 10.4 Å². The lowest BCUT2D eigenvalue weighted by Crippen LogP contribution is -2.49. The number of nitrogens with one attached hydrogen (secondary N) is 1. The van der Waals surface area contributed by atoms with Crippen molar-refractivity contribution in [3.63, 3.8) is 0 Å². The molecule has 0 spiro atoms. The number of benzene rings is 1. The van der Waals surface area contributed by atoms with Crippen molar-refractivity contribution in [2.45, 2.75) is 25.8 Å². The SMILES string of the molecule is CCc1ccsc1C(=O)NC(C)(C(=O)O)c1ccc(F)cc1. The first-order valence-corrected chi connectivity index (χ1v) is 7.64. The summed E-state index contributed by atoms with van der Waals surface area (Å²) >= 11 is 1.27. The lowest BCUT2D eigenvalue weighted by atomic mass is 9.91. The summed E-state index contributed by atoms with van der Waals surface area (Å²) in [5.41, 5.74) is -0.446. The van der Waals surface area contributed by atoms with Crippen molar-refractivity contribution >= 4 is 23.2 Å². The first-order chi connectivity index (χ1) is 10.4. The maximum atomic E-state index is 13.0. The number of aliphatic carboxylic acids is 1. The van der Waals surface area contributed by atoms with E-state index in [0.717, 1.165) is 5.56 Å². The first-order valence-electron chi connectivity index (χ1n) is 6.76. The van der Waals surface area contributed by atoms with Crippen LogP contribution >= 0.6 is 11.3 Å². The number of carbonyl (C=O) groups excluding carboxylic acids is 1. The maximum absolute atomic E-state index is 13.0. The van der Waals surface area contributed by atoms with Crippen molar-refractivity contribution in [1.29, 1.82) is 0 Å². The van der Waals surface area contributed by atoms with Crippen LogP contribution in [0, 0.1) is 5.82 Å². The lowest BCUT2D eigenvalue weighted by molar-refractivity contribution is -0.144. The standard InChI is InChI=1S/C16H16FNO3S/c1-3-10-8-9-22-13(10)14(19)18-16(2,15(20)21)11-4-6-12(17)7-5-11/h4-9H,3H2,1-2H3,(H,18,19)(H,20,21). The molecule has 2 N–H and O–H groups in total. The van der Waals surface area contributed by atoms with Gasteiger partial charge in [0.05, 0.1) is 4.88 Å². The number of rotatable bonds is 5. The molecule has 0 fully saturated rings. The summed E-state index contributed by atoms with van der Waals surface area (Å²) in [4.78, 5) is 24.6. The third kappa shape index (κ3) is 3.01. The Labute approximate surface area is 131 Å². The molecule has 1 amide bonds. The van der Waals surface area contributed by atoms with Crippen molar-refractivity contribution in [3.05, 3.63) is 57.5 Å². The summed E-state index contributed by atoms with van der Waals surface area (Å²) in [5.74, 6) is -2.11. The minimum absolute atomic E-state index is 0.310. The number of carbonyl (C=O) groups is 2. The Morgan fingerprint density at radius 2 is 1.91 bits per heavy atom. The highest BCUT2D eigenvalue weighted by molar-refractivity contribution is 7.12. The van der Waals surface area contributed by atoms with Gasteiger partial charge in [-0.2, -0.15) is 0 Å². The number of thiophene rings is 1. The molecule has 2 aromatic rings. The summed E-state index contributed by atoms with van der Waals surface area (Å²) < 4.78 is 13.0. The van der Waals surface area contributed by atoms with Crippen molar-refractivity contribution in [2.75, 3.05) is 0 Å². The maximum Gasteiger partial charge on any atom is 0.333 e. The van der Waals surface area contributed by atoms with Gasteiger partial charge in [0.1, 0.15) is 5.82 Å². The molecule has 0 aliphatic carbocycles. The van der Waals surface area contributed by atoms with Gasteiger partial charge >= 0.3 is 5.97 Å². The topological polar surface area (TPSA) is 66.4 Å². The van der Waals surface area contributed by atoms with Crippen molar-refractivity contribution in [3.8, 4) is 0 Å². The van der Waals surface area contributed by atoms with E-state index in [1.165, 1.54) is 42.5 Å². The second-order valence-corrected chi connectivity index (χ2v) is 5.94. The third-order valence-electron chi connectivity index (χ3n) is 3.55. The Hall–Kier alpha value is -2.21. The Bertz CT molecular complexity index is 696. The number of hydrogen-bond acceptors (Lipinski definition) is 3. The molecule has 2 rings (SSSR count). The summed E-state index contributed by atoms with van der Waals surface area (Å²) in [6.45, 7) is 3.31. The quantitative estimate of drug-likeness (QED) is 0.889. The molecule has 0 bridgehead atoms. The molecular formula is C16H16FNO3S. The Balaban J connectivity index is 2.34. The Kier molecular flexibility index (Phi) is 4.61. The van der Waals surface area contributed by atoms with Crippen LogP contribution < -0.4 is 5.32 Å². The highest BCUT2D eigenvalue weighted by Crippen LogP contribution is 2.24. The van der Waals surface area contributed by atoms with Crippen LogP contribution in [0.4, 0.5) is 4.39 Å². The second kappa shape index (κ2) is 6.27. The third-order valence-corrected chi connectivity index (χ3v) is 4.50. The molecule has 0 radical (unpaired) electrons. The number of aryl methyl sites for hydroxylation is 1. The Morgan fingerprint density at radius 1 is 1.27 bits per heavy atom. The number of amides is 1. The highest BCUT2D eigenvalue weighted by atomic mass is 32.1. The number of hydrogen-bond donors (Lipinski definition) is 2. The van der Waals surface area contributed by atoms with Crippen LogP contribution in [0.25, 0.3) is 0 Å². The molecule has 1 aromatic carbocycles. The van der Waals surface area contributed by atoms with E-state index in [4.69, 9.17) is 0 Å². The van der Waals surface area contributed by atoms with Crippen LogP contribution in [-0.2, 0) is 16.8 Å².